The van der Waals surface area contributed by atoms with Gasteiger partial charge in [0.15, 0.2) is 0 Å². The molecule has 0 N–H and O–H groups in total. The molecule has 0 atom stereocenters. The molecule has 8 saturated carbocycles. The highest BCUT2D eigenvalue weighted by Crippen LogP contribution is 2.48. The first-order valence-corrected chi connectivity index (χ1v) is 44.4. The van der Waals surface area contributed by atoms with Crippen LogP contribution in [0.5, 0.6) is 23.0 Å². The molecule has 0 spiro atoms. The van der Waals surface area contributed by atoms with Crippen molar-refractivity contribution in [2.75, 3.05) is 0 Å². The largest absolute Gasteiger partial charge is 0.454 e. The lowest BCUT2D eigenvalue weighted by Crippen LogP contribution is -2.26. The summed E-state index contributed by atoms with van der Waals surface area (Å²) in [5, 5.41) is 0. The smallest absolute Gasteiger partial charge is 0.146 e. The van der Waals surface area contributed by atoms with Crippen molar-refractivity contribution in [1.29, 1.82) is 0 Å². The van der Waals surface area contributed by atoms with Crippen LogP contribution < -0.4 is 9.47 Å². The Morgan fingerprint density at radius 1 is 0.240 bits per heavy atom. The summed E-state index contributed by atoms with van der Waals surface area (Å²) in [7, 11) is 0. The SMILES string of the molecule is CCCc1ncc(Oc2cnc(CCC)c(CC3CCC(C4CCC(CC)CC4)CC3)c2)cc1CC1CCC(C2CCC(CC)CC2)CC1.CCCc1ncc(Oc2cnc(CCC)c(CC3CCC(C4CCC(CCC)CC4)CC3)c2)cc1CC1CCC(C2CCC(CCC)CC2)CC1. The first-order chi connectivity index (χ1) is 49.1. The van der Waals surface area contributed by atoms with E-state index in [1.54, 1.807) is 0 Å². The molecule has 8 aliphatic carbocycles. The third-order valence-electron chi connectivity index (χ3n) is 28.9. The minimum absolute atomic E-state index is 0.790. The van der Waals surface area contributed by atoms with Crippen molar-refractivity contribution in [3.8, 4) is 23.0 Å². The quantitative estimate of drug-likeness (QED) is 0.0518. The number of aromatic nitrogens is 4. The van der Waals surface area contributed by atoms with Crippen LogP contribution in [0.1, 0.15) is 370 Å². The van der Waals surface area contributed by atoms with E-state index in [4.69, 9.17) is 29.4 Å². The summed E-state index contributed by atoms with van der Waals surface area (Å²) < 4.78 is 13.2. The summed E-state index contributed by atoms with van der Waals surface area (Å²) in [5.74, 6) is 18.7. The zero-order chi connectivity index (χ0) is 69.4. The number of ether oxygens (including phenoxy) is 2. The topological polar surface area (TPSA) is 70.0 Å². The summed E-state index contributed by atoms with van der Waals surface area (Å²) in [6.07, 6.45) is 76.4. The van der Waals surface area contributed by atoms with Crippen molar-refractivity contribution < 1.29 is 9.47 Å². The van der Waals surface area contributed by atoms with Gasteiger partial charge in [-0.2, -0.15) is 0 Å². The van der Waals surface area contributed by atoms with E-state index < -0.39 is 0 Å². The van der Waals surface area contributed by atoms with E-state index in [1.807, 2.05) is 24.8 Å². The second-order valence-corrected chi connectivity index (χ2v) is 35.8. The summed E-state index contributed by atoms with van der Waals surface area (Å²) >= 11 is 0. The Labute approximate surface area is 614 Å². The predicted molar refractivity (Wildman–Crippen MR) is 422 cm³/mol. The minimum atomic E-state index is 0.790. The van der Waals surface area contributed by atoms with Crippen molar-refractivity contribution in [1.82, 2.24) is 19.9 Å². The molecule has 100 heavy (non-hydrogen) atoms. The van der Waals surface area contributed by atoms with Gasteiger partial charge in [-0.25, -0.2) is 0 Å². The van der Waals surface area contributed by atoms with E-state index in [-0.39, 0.29) is 0 Å². The molecule has 4 heterocycles. The van der Waals surface area contributed by atoms with Crippen LogP contribution in [0, 0.1) is 94.7 Å². The molecule has 0 radical (unpaired) electrons. The van der Waals surface area contributed by atoms with E-state index in [0.717, 1.165) is 195 Å². The van der Waals surface area contributed by atoms with Gasteiger partial charge in [0.1, 0.15) is 23.0 Å². The highest BCUT2D eigenvalue weighted by Gasteiger charge is 2.36. The highest BCUT2D eigenvalue weighted by molar-refractivity contribution is 5.38. The predicted octanol–water partition coefficient (Wildman–Crippen LogP) is 27.4. The van der Waals surface area contributed by atoms with Crippen molar-refractivity contribution in [3.63, 3.8) is 0 Å². The van der Waals surface area contributed by atoms with Gasteiger partial charge >= 0.3 is 0 Å². The van der Waals surface area contributed by atoms with Gasteiger partial charge in [-0.05, 0) is 347 Å². The van der Waals surface area contributed by atoms with Gasteiger partial charge in [-0.3, -0.25) is 19.9 Å². The van der Waals surface area contributed by atoms with Crippen LogP contribution in [0.25, 0.3) is 0 Å². The number of pyridine rings is 4. The average molecular weight is 1370 g/mol. The molecule has 8 fully saturated rings. The van der Waals surface area contributed by atoms with Crippen LogP contribution in [0.2, 0.25) is 0 Å². The maximum atomic E-state index is 6.62. The summed E-state index contributed by atoms with van der Waals surface area (Å²) in [5.41, 5.74) is 10.9. The van der Waals surface area contributed by atoms with Crippen LogP contribution in [-0.2, 0) is 51.4 Å². The molecular formula is C94H148N4O2. The molecule has 0 amide bonds. The monoisotopic (exact) mass is 1370 g/mol. The van der Waals surface area contributed by atoms with Gasteiger partial charge < -0.3 is 9.47 Å². The molecular weight excluding hydrogens is 1220 g/mol. The average Bonchev–Trinajstić information content (AvgIpc) is 0.839. The Morgan fingerprint density at radius 3 is 0.610 bits per heavy atom. The molecule has 0 aromatic carbocycles. The van der Waals surface area contributed by atoms with Crippen LogP contribution in [0.4, 0.5) is 0 Å². The molecule has 0 unspecified atom stereocenters. The third kappa shape index (κ3) is 22.6. The fourth-order valence-corrected chi connectivity index (χ4v) is 22.7. The zero-order valence-corrected chi connectivity index (χ0v) is 65.8. The lowest BCUT2D eigenvalue weighted by molar-refractivity contribution is 0.143. The second-order valence-electron chi connectivity index (χ2n) is 35.8. The molecule has 4 aromatic rings. The maximum Gasteiger partial charge on any atom is 0.146 e. The lowest BCUT2D eigenvalue weighted by atomic mass is 9.68. The molecule has 556 valence electrons. The van der Waals surface area contributed by atoms with Crippen molar-refractivity contribution >= 4 is 0 Å². The third-order valence-corrected chi connectivity index (χ3v) is 28.9. The molecule has 6 nitrogen and oxygen atoms in total. The summed E-state index contributed by atoms with van der Waals surface area (Å²) in [4.78, 5) is 20.0. The Bertz CT molecular complexity index is 2750. The number of rotatable bonds is 30. The van der Waals surface area contributed by atoms with Crippen molar-refractivity contribution in [2.45, 2.75) is 376 Å². The Morgan fingerprint density at radius 2 is 0.430 bits per heavy atom. The highest BCUT2D eigenvalue weighted by atomic mass is 16.5. The van der Waals surface area contributed by atoms with Gasteiger partial charge in [0, 0.05) is 22.8 Å². The fraction of sp³-hybridized carbons (Fsp3) is 0.787. The first kappa shape index (κ1) is 77.3. The van der Waals surface area contributed by atoms with Gasteiger partial charge in [0.25, 0.3) is 0 Å². The standard InChI is InChI=1S/C48H76N2O.C46H72N2O/c1-5-9-35-13-21-39(22-14-35)41-25-17-37(18-26-41)29-43-31-45(33-49-47(43)11-7-3)51-46-32-44(48(12-8-4)50-34-46)30-38-19-27-42(28-20-38)40-23-15-36(10-6-2)16-24-40;1-5-9-45-41(27-35-15-23-39(24-16-35)37-19-11-33(7-3)12-20-37)29-43(31-47-45)49-44-30-42(46(10-6-2)48-32-44)28-36-17-25-40(26-18-36)38-21-13-34(8-4)14-22-38/h31-42H,5-30H2,1-4H3;29-40H,5-28H2,1-4H3. The summed E-state index contributed by atoms with van der Waals surface area (Å²) in [6, 6.07) is 9.36. The van der Waals surface area contributed by atoms with Crippen LogP contribution >= 0.6 is 0 Å². The normalized spacial score (nSPS) is 30.6. The van der Waals surface area contributed by atoms with Gasteiger partial charge in [0.05, 0.1) is 24.8 Å². The fourth-order valence-electron chi connectivity index (χ4n) is 22.7. The molecule has 6 heteroatoms. The van der Waals surface area contributed by atoms with Crippen molar-refractivity contribution in [2.24, 2.45) is 94.7 Å². The Hall–Kier alpha value is -3.80. The molecule has 0 aliphatic heterocycles. The molecule has 0 saturated heterocycles. The number of hydrogen-bond donors (Lipinski definition) is 0. The van der Waals surface area contributed by atoms with Gasteiger partial charge in [-0.1, -0.05) is 171 Å². The Kier molecular flexibility index (Phi) is 31.4. The van der Waals surface area contributed by atoms with Gasteiger partial charge in [-0.15, -0.1) is 0 Å². The Balaban J connectivity index is 0.000000202. The molecule has 0 bridgehead atoms. The molecule has 12 rings (SSSR count). The van der Waals surface area contributed by atoms with Crippen LogP contribution in [0.3, 0.4) is 0 Å². The number of hydrogen-bond acceptors (Lipinski definition) is 6. The summed E-state index contributed by atoms with van der Waals surface area (Å²) in [6.45, 7) is 18.6. The first-order valence-electron chi connectivity index (χ1n) is 44.4. The van der Waals surface area contributed by atoms with Gasteiger partial charge in [0.2, 0.25) is 0 Å². The molecule has 8 aliphatic rings. The zero-order valence-electron chi connectivity index (χ0n) is 65.8. The van der Waals surface area contributed by atoms with E-state index in [9.17, 15) is 0 Å². The maximum absolute atomic E-state index is 6.62. The van der Waals surface area contributed by atoms with E-state index in [0.29, 0.717) is 0 Å². The van der Waals surface area contributed by atoms with Crippen LogP contribution in [0.15, 0.2) is 49.1 Å². The van der Waals surface area contributed by atoms with Crippen molar-refractivity contribution in [3.05, 3.63) is 94.1 Å². The number of nitrogens with zero attached hydrogens (tertiary/aromatic N) is 4. The van der Waals surface area contributed by atoms with E-state index in [2.05, 4.69) is 79.7 Å². The lowest BCUT2D eigenvalue weighted by Gasteiger charge is -2.38. The number of aryl methyl sites for hydroxylation is 4. The molecule has 4 aromatic heterocycles. The van der Waals surface area contributed by atoms with Crippen LogP contribution in [-0.4, -0.2) is 19.9 Å². The van der Waals surface area contributed by atoms with E-state index >= 15 is 0 Å². The minimum Gasteiger partial charge on any atom is -0.454 e. The van der Waals surface area contributed by atoms with E-state index in [1.165, 1.54) is 289 Å². The second kappa shape index (κ2) is 40.6.